The summed E-state index contributed by atoms with van der Waals surface area (Å²) in [5.41, 5.74) is 7.85. The molecule has 0 aromatic heterocycles. The lowest BCUT2D eigenvalue weighted by Crippen LogP contribution is -2.48. The summed E-state index contributed by atoms with van der Waals surface area (Å²) in [4.78, 5) is 35.8. The molecular weight excluding hydrogens is 388 g/mol. The smallest absolute Gasteiger partial charge is 0.269 e. The van der Waals surface area contributed by atoms with Gasteiger partial charge in [-0.15, -0.1) is 0 Å². The number of hydrogen-bond donors (Lipinski definition) is 4. The van der Waals surface area contributed by atoms with Crippen LogP contribution in [-0.2, 0) is 16.0 Å². The molecule has 7 nitrogen and oxygen atoms in total. The van der Waals surface area contributed by atoms with Crippen LogP contribution in [0.5, 0.6) is 0 Å². The molecule has 0 heterocycles. The lowest BCUT2D eigenvalue weighted by Gasteiger charge is -2.12. The molecule has 4 N–H and O–H groups in total. The standard InChI is InChI=1S/C21H24N4O3S/c1-3-6-18(26)22-17-11-9-15(10-12-17)20(28)24-25-21(29)23-19(27)13-16-8-5-4-7-14(16)2/h4-5,7-12H,3,6,13H2,1-2H3,(H,22,26)(H,24,28)(H2,23,25,27,29). The fourth-order valence-electron chi connectivity index (χ4n) is 2.52. The predicted molar refractivity (Wildman–Crippen MR) is 116 cm³/mol. The number of thiocarbonyl (C=S) groups is 1. The average molecular weight is 413 g/mol. The van der Waals surface area contributed by atoms with E-state index in [9.17, 15) is 14.4 Å². The summed E-state index contributed by atoms with van der Waals surface area (Å²) in [6, 6.07) is 14.0. The molecule has 2 aromatic carbocycles. The maximum atomic E-state index is 12.2. The second-order valence-corrected chi connectivity index (χ2v) is 6.84. The maximum Gasteiger partial charge on any atom is 0.269 e. The minimum atomic E-state index is -0.424. The van der Waals surface area contributed by atoms with Gasteiger partial charge in [0.25, 0.3) is 5.91 Å². The van der Waals surface area contributed by atoms with Crippen molar-refractivity contribution in [3.8, 4) is 0 Å². The number of hydrogen-bond acceptors (Lipinski definition) is 4. The number of rotatable bonds is 6. The van der Waals surface area contributed by atoms with Crippen LogP contribution in [-0.4, -0.2) is 22.8 Å². The Hall–Kier alpha value is -3.26. The normalized spacial score (nSPS) is 10.0. The van der Waals surface area contributed by atoms with Crippen molar-refractivity contribution in [2.24, 2.45) is 0 Å². The minimum absolute atomic E-state index is 0.000355. The minimum Gasteiger partial charge on any atom is -0.326 e. The van der Waals surface area contributed by atoms with Gasteiger partial charge in [0, 0.05) is 17.7 Å². The molecule has 0 aliphatic rings. The van der Waals surface area contributed by atoms with Gasteiger partial charge < -0.3 is 10.6 Å². The Bertz CT molecular complexity index is 897. The van der Waals surface area contributed by atoms with Gasteiger partial charge >= 0.3 is 0 Å². The van der Waals surface area contributed by atoms with Gasteiger partial charge in [-0.2, -0.15) is 0 Å². The molecule has 0 unspecified atom stereocenters. The fourth-order valence-corrected chi connectivity index (χ4v) is 2.69. The van der Waals surface area contributed by atoms with Crippen molar-refractivity contribution in [1.82, 2.24) is 16.2 Å². The molecule has 0 saturated carbocycles. The molecule has 0 fully saturated rings. The number of amides is 3. The van der Waals surface area contributed by atoms with Crippen molar-refractivity contribution in [1.29, 1.82) is 0 Å². The summed E-state index contributed by atoms with van der Waals surface area (Å²) in [5.74, 6) is -0.775. The van der Waals surface area contributed by atoms with Gasteiger partial charge in [0.15, 0.2) is 5.11 Å². The zero-order valence-electron chi connectivity index (χ0n) is 16.4. The van der Waals surface area contributed by atoms with Crippen molar-refractivity contribution < 1.29 is 14.4 Å². The molecule has 152 valence electrons. The second kappa shape index (κ2) is 10.9. The van der Waals surface area contributed by atoms with Gasteiger partial charge in [-0.05, 0) is 61.0 Å². The Kier molecular flexibility index (Phi) is 8.29. The molecule has 0 aliphatic carbocycles. The van der Waals surface area contributed by atoms with E-state index in [0.717, 1.165) is 17.5 Å². The van der Waals surface area contributed by atoms with Crippen molar-refractivity contribution in [3.05, 3.63) is 65.2 Å². The van der Waals surface area contributed by atoms with Crippen LogP contribution in [0.3, 0.4) is 0 Å². The van der Waals surface area contributed by atoms with E-state index in [1.54, 1.807) is 24.3 Å². The summed E-state index contributed by atoms with van der Waals surface area (Å²) in [5, 5.41) is 5.27. The number of nitrogens with one attached hydrogen (secondary N) is 4. The van der Waals surface area contributed by atoms with Crippen molar-refractivity contribution in [2.45, 2.75) is 33.1 Å². The van der Waals surface area contributed by atoms with Crippen molar-refractivity contribution in [2.75, 3.05) is 5.32 Å². The highest BCUT2D eigenvalue weighted by Gasteiger charge is 2.10. The monoisotopic (exact) mass is 412 g/mol. The number of carbonyl (C=O) groups is 3. The van der Waals surface area contributed by atoms with E-state index in [4.69, 9.17) is 12.2 Å². The van der Waals surface area contributed by atoms with Crippen LogP contribution >= 0.6 is 12.2 Å². The van der Waals surface area contributed by atoms with Crippen LogP contribution in [0.2, 0.25) is 0 Å². The summed E-state index contributed by atoms with van der Waals surface area (Å²) < 4.78 is 0. The van der Waals surface area contributed by atoms with E-state index in [0.29, 0.717) is 17.7 Å². The molecule has 8 heteroatoms. The highest BCUT2D eigenvalue weighted by atomic mass is 32.1. The third kappa shape index (κ3) is 7.34. The van der Waals surface area contributed by atoms with E-state index >= 15 is 0 Å². The predicted octanol–water partition coefficient (Wildman–Crippen LogP) is 2.61. The van der Waals surface area contributed by atoms with Crippen LogP contribution in [0.15, 0.2) is 48.5 Å². The van der Waals surface area contributed by atoms with Crippen molar-refractivity contribution >= 4 is 40.7 Å². The Morgan fingerprint density at radius 1 is 0.931 bits per heavy atom. The molecule has 0 bridgehead atoms. The van der Waals surface area contributed by atoms with E-state index < -0.39 is 5.91 Å². The molecule has 0 saturated heterocycles. The number of benzene rings is 2. The van der Waals surface area contributed by atoms with E-state index in [1.807, 2.05) is 38.1 Å². The lowest BCUT2D eigenvalue weighted by atomic mass is 10.1. The molecule has 2 aromatic rings. The summed E-state index contributed by atoms with van der Waals surface area (Å²) >= 11 is 5.04. The van der Waals surface area contributed by atoms with Gasteiger partial charge in [0.2, 0.25) is 11.8 Å². The molecule has 29 heavy (non-hydrogen) atoms. The second-order valence-electron chi connectivity index (χ2n) is 6.44. The highest BCUT2D eigenvalue weighted by Crippen LogP contribution is 2.10. The van der Waals surface area contributed by atoms with Crippen LogP contribution in [0.25, 0.3) is 0 Å². The van der Waals surface area contributed by atoms with Crippen molar-refractivity contribution in [3.63, 3.8) is 0 Å². The largest absolute Gasteiger partial charge is 0.326 e. The Balaban J connectivity index is 1.79. The number of carbonyl (C=O) groups excluding carboxylic acids is 3. The number of anilines is 1. The first-order valence-electron chi connectivity index (χ1n) is 9.23. The maximum absolute atomic E-state index is 12.2. The molecule has 0 atom stereocenters. The van der Waals surface area contributed by atoms with Gasteiger partial charge in [-0.1, -0.05) is 31.2 Å². The first kappa shape index (κ1) is 22.0. The Morgan fingerprint density at radius 3 is 2.28 bits per heavy atom. The first-order valence-corrected chi connectivity index (χ1v) is 9.64. The fraction of sp³-hybridized carbons (Fsp3) is 0.238. The van der Waals surface area contributed by atoms with Crippen LogP contribution in [0.1, 0.15) is 41.3 Å². The Morgan fingerprint density at radius 2 is 1.62 bits per heavy atom. The first-order chi connectivity index (χ1) is 13.9. The third-order valence-electron chi connectivity index (χ3n) is 4.06. The summed E-state index contributed by atoms with van der Waals surface area (Å²) in [6.07, 6.45) is 1.40. The van der Waals surface area contributed by atoms with E-state index in [2.05, 4.69) is 21.5 Å². The molecule has 0 spiro atoms. The van der Waals surface area contributed by atoms with Gasteiger partial charge in [0.05, 0.1) is 6.42 Å². The van der Waals surface area contributed by atoms with Crippen LogP contribution in [0.4, 0.5) is 5.69 Å². The lowest BCUT2D eigenvalue weighted by molar-refractivity contribution is -0.119. The molecular formula is C21H24N4O3S. The molecule has 3 amide bonds. The summed E-state index contributed by atoms with van der Waals surface area (Å²) in [6.45, 7) is 3.86. The topological polar surface area (TPSA) is 99.3 Å². The number of hydrazine groups is 1. The molecule has 0 aliphatic heterocycles. The van der Waals surface area contributed by atoms with Crippen LogP contribution < -0.4 is 21.5 Å². The van der Waals surface area contributed by atoms with E-state index in [-0.39, 0.29) is 23.3 Å². The van der Waals surface area contributed by atoms with Gasteiger partial charge in [-0.25, -0.2) is 0 Å². The molecule has 0 radical (unpaired) electrons. The van der Waals surface area contributed by atoms with E-state index in [1.165, 1.54) is 0 Å². The zero-order chi connectivity index (χ0) is 21.2. The number of aryl methyl sites for hydroxylation is 1. The quantitative estimate of drug-likeness (QED) is 0.432. The van der Waals surface area contributed by atoms with Gasteiger partial charge in [-0.3, -0.25) is 25.2 Å². The third-order valence-corrected chi connectivity index (χ3v) is 4.27. The van der Waals surface area contributed by atoms with Crippen LogP contribution in [0, 0.1) is 6.92 Å². The SMILES string of the molecule is CCCC(=O)Nc1ccc(C(=O)NNC(=S)NC(=O)Cc2ccccc2C)cc1. The Labute approximate surface area is 175 Å². The zero-order valence-corrected chi connectivity index (χ0v) is 17.2. The van der Waals surface area contributed by atoms with Gasteiger partial charge in [0.1, 0.15) is 0 Å². The molecule has 2 rings (SSSR count). The summed E-state index contributed by atoms with van der Waals surface area (Å²) in [7, 11) is 0. The average Bonchev–Trinajstić information content (AvgIpc) is 2.68. The highest BCUT2D eigenvalue weighted by molar-refractivity contribution is 7.80.